The van der Waals surface area contributed by atoms with Gasteiger partial charge in [-0.15, -0.1) is 0 Å². The van der Waals surface area contributed by atoms with Crippen molar-refractivity contribution in [1.82, 2.24) is 24.4 Å². The van der Waals surface area contributed by atoms with Crippen molar-refractivity contribution >= 4 is 61.3 Å². The lowest BCUT2D eigenvalue weighted by Gasteiger charge is -2.24. The van der Waals surface area contributed by atoms with Crippen molar-refractivity contribution in [2.24, 2.45) is 0 Å². The Bertz CT molecular complexity index is 1550. The van der Waals surface area contributed by atoms with Gasteiger partial charge in [0.25, 0.3) is 0 Å². The fraction of sp³-hybridized carbons (Fsp3) is 0.292. The molecule has 1 fully saturated rings. The Labute approximate surface area is 217 Å². The summed E-state index contributed by atoms with van der Waals surface area (Å²) < 4.78 is 42.7. The molecule has 192 valence electrons. The van der Waals surface area contributed by atoms with Crippen LogP contribution in [0.15, 0.2) is 41.3 Å². The molecule has 0 radical (unpaired) electrons. The van der Waals surface area contributed by atoms with E-state index in [1.165, 1.54) is 18.2 Å². The first-order valence-electron chi connectivity index (χ1n) is 11.4. The molecule has 1 aliphatic heterocycles. The maximum Gasteiger partial charge on any atom is 0.416 e. The minimum absolute atomic E-state index is 0.0138. The molecule has 1 unspecified atom stereocenters. The summed E-state index contributed by atoms with van der Waals surface area (Å²) in [4.78, 5) is 40.3. The number of aromatic nitrogens is 4. The lowest BCUT2D eigenvalue weighted by atomic mass is 10.1. The van der Waals surface area contributed by atoms with Crippen molar-refractivity contribution in [3.63, 3.8) is 0 Å². The zero-order chi connectivity index (χ0) is 26.5. The smallest absolute Gasteiger partial charge is 0.383 e. The number of hydrogen-bond donors (Lipinski definition) is 2. The van der Waals surface area contributed by atoms with Gasteiger partial charge in [0.1, 0.15) is 40.8 Å². The SMILES string of the molecule is Cc1cc(C(F)(F)F)cc2c3c(N)ncnc3n(CC(=O)N3CCCC3C(=O)Nc3cccc(Br)n3)c12. The van der Waals surface area contributed by atoms with Crippen LogP contribution in [-0.2, 0) is 22.3 Å². The third-order valence-electron chi connectivity index (χ3n) is 6.41. The molecule has 9 nitrogen and oxygen atoms in total. The molecule has 3 aromatic heterocycles. The highest BCUT2D eigenvalue weighted by Gasteiger charge is 2.36. The fourth-order valence-corrected chi connectivity index (χ4v) is 5.20. The molecule has 4 heterocycles. The van der Waals surface area contributed by atoms with Crippen molar-refractivity contribution in [2.75, 3.05) is 17.6 Å². The number of likely N-dealkylation sites (tertiary alicyclic amines) is 1. The quantitative estimate of drug-likeness (QED) is 0.350. The number of anilines is 2. The van der Waals surface area contributed by atoms with Crippen LogP contribution in [0.4, 0.5) is 24.8 Å². The van der Waals surface area contributed by atoms with Gasteiger partial charge in [-0.2, -0.15) is 13.2 Å². The van der Waals surface area contributed by atoms with E-state index in [0.29, 0.717) is 40.9 Å². The van der Waals surface area contributed by atoms with Crippen molar-refractivity contribution in [2.45, 2.75) is 38.5 Å². The van der Waals surface area contributed by atoms with Crippen molar-refractivity contribution < 1.29 is 22.8 Å². The predicted molar refractivity (Wildman–Crippen MR) is 134 cm³/mol. The Balaban J connectivity index is 1.50. The number of carbonyl (C=O) groups is 2. The number of nitrogen functional groups attached to an aromatic ring is 1. The zero-order valence-electron chi connectivity index (χ0n) is 19.5. The molecule has 13 heteroatoms. The average molecular weight is 576 g/mol. The minimum atomic E-state index is -4.56. The second-order valence-electron chi connectivity index (χ2n) is 8.81. The molecule has 1 aliphatic rings. The third-order valence-corrected chi connectivity index (χ3v) is 6.86. The molecule has 0 saturated carbocycles. The first kappa shape index (κ1) is 24.9. The largest absolute Gasteiger partial charge is 0.416 e. The summed E-state index contributed by atoms with van der Waals surface area (Å²) in [6.07, 6.45) is -2.25. The van der Waals surface area contributed by atoms with Crippen molar-refractivity contribution in [3.8, 4) is 0 Å². The molecule has 5 rings (SSSR count). The summed E-state index contributed by atoms with van der Waals surface area (Å²) in [5.41, 5.74) is 6.17. The maximum atomic E-state index is 13.5. The molecule has 4 aromatic rings. The number of nitrogens with one attached hydrogen (secondary N) is 1. The van der Waals surface area contributed by atoms with Gasteiger partial charge >= 0.3 is 6.18 Å². The molecule has 2 amide bonds. The maximum absolute atomic E-state index is 13.5. The molecule has 0 spiro atoms. The van der Waals surface area contributed by atoms with Crippen molar-refractivity contribution in [1.29, 1.82) is 0 Å². The van der Waals surface area contributed by atoms with Gasteiger partial charge in [-0.3, -0.25) is 9.59 Å². The first-order valence-corrected chi connectivity index (χ1v) is 12.2. The van der Waals surface area contributed by atoms with Crippen LogP contribution in [0.25, 0.3) is 21.9 Å². The summed E-state index contributed by atoms with van der Waals surface area (Å²) in [7, 11) is 0. The number of nitrogens with zero attached hydrogens (tertiary/aromatic N) is 5. The summed E-state index contributed by atoms with van der Waals surface area (Å²) in [5.74, 6) is -0.365. The molecule has 0 aliphatic carbocycles. The highest BCUT2D eigenvalue weighted by atomic mass is 79.9. The van der Waals surface area contributed by atoms with Crippen LogP contribution in [0.1, 0.15) is 24.0 Å². The molecule has 3 N–H and O–H groups in total. The third kappa shape index (κ3) is 4.59. The number of carbonyl (C=O) groups excluding carboxylic acids is 2. The number of fused-ring (bicyclic) bond motifs is 3. The van der Waals surface area contributed by atoms with Gasteiger partial charge < -0.3 is 20.5 Å². The summed E-state index contributed by atoms with van der Waals surface area (Å²) >= 11 is 3.26. The Kier molecular flexibility index (Phi) is 6.26. The second-order valence-corrected chi connectivity index (χ2v) is 9.62. The number of nitrogens with two attached hydrogens (primary N) is 1. The summed E-state index contributed by atoms with van der Waals surface area (Å²) in [6.45, 7) is 1.67. The highest BCUT2D eigenvalue weighted by molar-refractivity contribution is 9.10. The molecule has 1 aromatic carbocycles. The number of hydrogen-bond acceptors (Lipinski definition) is 6. The minimum Gasteiger partial charge on any atom is -0.383 e. The Morgan fingerprint density at radius 1 is 1.24 bits per heavy atom. The van der Waals surface area contributed by atoms with E-state index in [2.05, 4.69) is 36.2 Å². The van der Waals surface area contributed by atoms with E-state index < -0.39 is 17.8 Å². The van der Waals surface area contributed by atoms with Crippen LogP contribution in [0.3, 0.4) is 0 Å². The molecule has 0 bridgehead atoms. The average Bonchev–Trinajstić information content (AvgIpc) is 3.43. The number of benzene rings is 1. The van der Waals surface area contributed by atoms with E-state index in [1.807, 2.05) is 0 Å². The first-order chi connectivity index (χ1) is 17.5. The Hall–Kier alpha value is -3.74. The van der Waals surface area contributed by atoms with E-state index in [9.17, 15) is 22.8 Å². The van der Waals surface area contributed by atoms with Gasteiger partial charge in [-0.25, -0.2) is 15.0 Å². The number of pyridine rings is 1. The van der Waals surface area contributed by atoms with E-state index in [0.717, 1.165) is 12.1 Å². The van der Waals surface area contributed by atoms with E-state index in [-0.39, 0.29) is 40.6 Å². The van der Waals surface area contributed by atoms with Gasteiger partial charge in [-0.1, -0.05) is 6.07 Å². The van der Waals surface area contributed by atoms with Crippen LogP contribution < -0.4 is 11.1 Å². The molecule has 37 heavy (non-hydrogen) atoms. The number of alkyl halides is 3. The van der Waals surface area contributed by atoms with Crippen molar-refractivity contribution in [3.05, 3.63) is 52.4 Å². The normalized spacial score (nSPS) is 16.0. The number of aryl methyl sites for hydroxylation is 1. The number of rotatable bonds is 4. The van der Waals surface area contributed by atoms with E-state index in [4.69, 9.17) is 5.73 Å². The number of amides is 2. The second kappa shape index (κ2) is 9.29. The standard InChI is InChI=1S/C24H21BrF3N7O2/c1-12-8-13(24(26,27)28)9-14-19-21(29)30-11-31-22(19)35(20(12)14)10-18(36)34-7-3-4-15(34)23(37)33-17-6-2-5-16(25)32-17/h2,5-6,8-9,11,15H,3-4,7,10H2,1H3,(H2,29,30,31)(H,32,33,37). The van der Waals surface area contributed by atoms with Crippen LogP contribution in [0.5, 0.6) is 0 Å². The lowest BCUT2D eigenvalue weighted by molar-refractivity contribution is -0.137. The fourth-order valence-electron chi connectivity index (χ4n) is 4.86. The lowest BCUT2D eigenvalue weighted by Crippen LogP contribution is -2.44. The van der Waals surface area contributed by atoms with Gasteiger partial charge in [-0.05, 0) is 65.5 Å². The zero-order valence-corrected chi connectivity index (χ0v) is 21.1. The van der Waals surface area contributed by atoms with E-state index >= 15 is 0 Å². The molecule has 1 atom stereocenters. The predicted octanol–water partition coefficient (Wildman–Crippen LogP) is 4.28. The molecular weight excluding hydrogens is 555 g/mol. The molecular formula is C24H21BrF3N7O2. The van der Waals surface area contributed by atoms with Crippen LogP contribution in [0.2, 0.25) is 0 Å². The van der Waals surface area contributed by atoms with Gasteiger partial charge in [0, 0.05) is 11.9 Å². The van der Waals surface area contributed by atoms with Gasteiger partial charge in [0.15, 0.2) is 0 Å². The van der Waals surface area contributed by atoms with Gasteiger partial charge in [0.2, 0.25) is 11.8 Å². The van der Waals surface area contributed by atoms with Crippen LogP contribution in [0, 0.1) is 6.92 Å². The Morgan fingerprint density at radius 2 is 2.03 bits per heavy atom. The molecule has 1 saturated heterocycles. The summed E-state index contributed by atoms with van der Waals surface area (Å²) in [6, 6.07) is 6.42. The van der Waals surface area contributed by atoms with Crippen LogP contribution in [-0.4, -0.2) is 48.8 Å². The van der Waals surface area contributed by atoms with Crippen LogP contribution >= 0.6 is 15.9 Å². The monoisotopic (exact) mass is 575 g/mol. The van der Waals surface area contributed by atoms with E-state index in [1.54, 1.807) is 22.8 Å². The number of halogens is 4. The summed E-state index contributed by atoms with van der Waals surface area (Å²) in [5, 5.41) is 3.20. The highest BCUT2D eigenvalue weighted by Crippen LogP contribution is 2.38. The van der Waals surface area contributed by atoms with Gasteiger partial charge in [0.05, 0.1) is 16.5 Å². The Morgan fingerprint density at radius 3 is 2.76 bits per heavy atom. The topological polar surface area (TPSA) is 119 Å².